The fourth-order valence-corrected chi connectivity index (χ4v) is 4.37. The highest BCUT2D eigenvalue weighted by Gasteiger charge is 2.25. The summed E-state index contributed by atoms with van der Waals surface area (Å²) >= 11 is 0. The molecular weight excluding hydrogens is 286 g/mol. The number of hydrogen-bond acceptors (Lipinski definition) is 4. The van der Waals surface area contributed by atoms with Gasteiger partial charge in [0.15, 0.2) is 0 Å². The molecule has 0 radical (unpaired) electrons. The molecule has 1 fully saturated rings. The van der Waals surface area contributed by atoms with Crippen LogP contribution in [0, 0.1) is 0 Å². The number of rotatable bonds is 5. The minimum absolute atomic E-state index is 0.331. The van der Waals surface area contributed by atoms with Crippen LogP contribution in [0.5, 0.6) is 0 Å². The lowest BCUT2D eigenvalue weighted by molar-refractivity contribution is 0.268. The highest BCUT2D eigenvalue weighted by molar-refractivity contribution is 7.89. The van der Waals surface area contributed by atoms with Gasteiger partial charge in [-0.1, -0.05) is 13.0 Å². The van der Waals surface area contributed by atoms with Crippen LogP contribution in [-0.4, -0.2) is 45.5 Å². The number of sulfonamides is 1. The first-order valence-electron chi connectivity index (χ1n) is 7.70. The number of benzene rings is 1. The molecule has 1 atom stereocenters. The lowest BCUT2D eigenvalue weighted by Crippen LogP contribution is -2.39. The molecule has 0 saturated carbocycles. The van der Waals surface area contributed by atoms with Crippen LogP contribution in [0.15, 0.2) is 23.1 Å². The first-order chi connectivity index (χ1) is 10.1. The molecule has 6 heteroatoms. The van der Waals surface area contributed by atoms with Gasteiger partial charge in [0.25, 0.3) is 0 Å². The summed E-state index contributed by atoms with van der Waals surface area (Å²) in [5.74, 6) is 0. The maximum absolute atomic E-state index is 12.4. The molecule has 5 nitrogen and oxygen atoms in total. The second-order valence-electron chi connectivity index (χ2n) is 5.77. The molecule has 0 bridgehead atoms. The Labute approximate surface area is 126 Å². The van der Waals surface area contributed by atoms with E-state index in [1.54, 1.807) is 12.1 Å². The van der Waals surface area contributed by atoms with Crippen molar-refractivity contribution >= 4 is 15.7 Å². The summed E-state index contributed by atoms with van der Waals surface area (Å²) in [7, 11) is -3.42. The van der Waals surface area contributed by atoms with Gasteiger partial charge in [-0.25, -0.2) is 13.1 Å². The summed E-state index contributed by atoms with van der Waals surface area (Å²) in [5.41, 5.74) is 2.15. The molecule has 2 heterocycles. The zero-order valence-electron chi connectivity index (χ0n) is 12.4. The molecule has 2 aliphatic heterocycles. The fraction of sp³-hybridized carbons (Fsp3) is 0.600. The van der Waals surface area contributed by atoms with E-state index in [4.69, 9.17) is 0 Å². The van der Waals surface area contributed by atoms with Crippen LogP contribution < -0.4 is 10.0 Å². The fourth-order valence-electron chi connectivity index (χ4n) is 3.27. The molecule has 2 aliphatic rings. The van der Waals surface area contributed by atoms with Gasteiger partial charge in [0.1, 0.15) is 0 Å². The molecule has 0 aliphatic carbocycles. The summed E-state index contributed by atoms with van der Waals surface area (Å²) < 4.78 is 27.6. The van der Waals surface area contributed by atoms with E-state index in [1.807, 2.05) is 6.07 Å². The van der Waals surface area contributed by atoms with E-state index in [0.717, 1.165) is 44.6 Å². The Kier molecular flexibility index (Phi) is 4.19. The molecule has 21 heavy (non-hydrogen) atoms. The summed E-state index contributed by atoms with van der Waals surface area (Å²) in [5, 5.41) is 3.23. The van der Waals surface area contributed by atoms with Gasteiger partial charge in [-0.15, -0.1) is 0 Å². The van der Waals surface area contributed by atoms with Gasteiger partial charge >= 0.3 is 0 Å². The van der Waals surface area contributed by atoms with Crippen molar-refractivity contribution in [2.75, 3.05) is 31.5 Å². The molecular formula is C15H23N3O2S. The number of hydrogen-bond donors (Lipinski definition) is 2. The second kappa shape index (κ2) is 5.94. The van der Waals surface area contributed by atoms with Crippen molar-refractivity contribution in [2.45, 2.75) is 37.1 Å². The van der Waals surface area contributed by atoms with Gasteiger partial charge in [0, 0.05) is 24.8 Å². The molecule has 1 saturated heterocycles. The van der Waals surface area contributed by atoms with Gasteiger partial charge in [0.05, 0.1) is 4.90 Å². The van der Waals surface area contributed by atoms with E-state index in [2.05, 4.69) is 21.9 Å². The minimum atomic E-state index is -3.42. The SMILES string of the molecule is CCN1CCCC1CNS(=O)(=O)c1ccc2c(c1)NCC2. The summed E-state index contributed by atoms with van der Waals surface area (Å²) in [6.07, 6.45) is 3.20. The maximum atomic E-state index is 12.4. The zero-order valence-corrected chi connectivity index (χ0v) is 13.2. The van der Waals surface area contributed by atoms with E-state index in [9.17, 15) is 8.42 Å². The van der Waals surface area contributed by atoms with Gasteiger partial charge in [-0.2, -0.15) is 0 Å². The molecule has 0 spiro atoms. The average molecular weight is 309 g/mol. The quantitative estimate of drug-likeness (QED) is 0.863. The first kappa shape index (κ1) is 14.8. The predicted molar refractivity (Wildman–Crippen MR) is 84.1 cm³/mol. The van der Waals surface area contributed by atoms with Crippen molar-refractivity contribution in [1.29, 1.82) is 0 Å². The van der Waals surface area contributed by atoms with Crippen molar-refractivity contribution in [3.63, 3.8) is 0 Å². The van der Waals surface area contributed by atoms with E-state index < -0.39 is 10.0 Å². The predicted octanol–water partition coefficient (Wildman–Crippen LogP) is 1.42. The van der Waals surface area contributed by atoms with E-state index >= 15 is 0 Å². The Morgan fingerprint density at radius 3 is 3.10 bits per heavy atom. The highest BCUT2D eigenvalue weighted by Crippen LogP contribution is 2.25. The normalized spacial score (nSPS) is 22.2. The monoisotopic (exact) mass is 309 g/mol. The topological polar surface area (TPSA) is 61.4 Å². The number of likely N-dealkylation sites (N-methyl/N-ethyl adjacent to an activating group) is 1. The van der Waals surface area contributed by atoms with Crippen molar-refractivity contribution in [2.24, 2.45) is 0 Å². The molecule has 0 amide bonds. The van der Waals surface area contributed by atoms with Crippen LogP contribution in [-0.2, 0) is 16.4 Å². The van der Waals surface area contributed by atoms with E-state index in [-0.39, 0.29) is 0 Å². The van der Waals surface area contributed by atoms with Gasteiger partial charge < -0.3 is 5.32 Å². The third-order valence-corrected chi connectivity index (χ3v) is 5.94. The molecule has 1 aromatic rings. The summed E-state index contributed by atoms with van der Waals surface area (Å²) in [6, 6.07) is 5.70. The molecule has 1 aromatic carbocycles. The number of fused-ring (bicyclic) bond motifs is 1. The van der Waals surface area contributed by atoms with Crippen LogP contribution in [0.4, 0.5) is 5.69 Å². The van der Waals surface area contributed by atoms with E-state index in [0.29, 0.717) is 17.5 Å². The molecule has 116 valence electrons. The van der Waals surface area contributed by atoms with Crippen molar-refractivity contribution < 1.29 is 8.42 Å². The maximum Gasteiger partial charge on any atom is 0.240 e. The lowest BCUT2D eigenvalue weighted by Gasteiger charge is -2.22. The van der Waals surface area contributed by atoms with Crippen LogP contribution in [0.3, 0.4) is 0 Å². The highest BCUT2D eigenvalue weighted by atomic mass is 32.2. The zero-order chi connectivity index (χ0) is 14.9. The number of nitrogens with one attached hydrogen (secondary N) is 2. The van der Waals surface area contributed by atoms with Crippen LogP contribution in [0.25, 0.3) is 0 Å². The Hall–Kier alpha value is -1.11. The van der Waals surface area contributed by atoms with Crippen molar-refractivity contribution in [3.8, 4) is 0 Å². The third kappa shape index (κ3) is 3.07. The van der Waals surface area contributed by atoms with Crippen molar-refractivity contribution in [1.82, 2.24) is 9.62 Å². The smallest absolute Gasteiger partial charge is 0.240 e. The Bertz CT molecular complexity index is 615. The van der Waals surface area contributed by atoms with Gasteiger partial charge in [-0.05, 0) is 50.0 Å². The Morgan fingerprint density at radius 1 is 1.43 bits per heavy atom. The number of likely N-dealkylation sites (tertiary alicyclic amines) is 1. The lowest BCUT2D eigenvalue weighted by atomic mass is 10.2. The summed E-state index contributed by atoms with van der Waals surface area (Å²) in [6.45, 7) is 5.57. The van der Waals surface area contributed by atoms with Gasteiger partial charge in [0.2, 0.25) is 10.0 Å². The van der Waals surface area contributed by atoms with Crippen LogP contribution in [0.2, 0.25) is 0 Å². The van der Waals surface area contributed by atoms with E-state index in [1.165, 1.54) is 5.56 Å². The van der Waals surface area contributed by atoms with Crippen molar-refractivity contribution in [3.05, 3.63) is 23.8 Å². The molecule has 2 N–H and O–H groups in total. The van der Waals surface area contributed by atoms with Crippen LogP contribution in [0.1, 0.15) is 25.3 Å². The Balaban J connectivity index is 1.69. The number of nitrogens with zero attached hydrogens (tertiary/aromatic N) is 1. The largest absolute Gasteiger partial charge is 0.384 e. The van der Waals surface area contributed by atoms with Gasteiger partial charge in [-0.3, -0.25) is 4.90 Å². The molecule has 1 unspecified atom stereocenters. The third-order valence-electron chi connectivity index (χ3n) is 4.52. The second-order valence-corrected chi connectivity index (χ2v) is 7.54. The Morgan fingerprint density at radius 2 is 2.29 bits per heavy atom. The van der Waals surface area contributed by atoms with Crippen LogP contribution >= 0.6 is 0 Å². The average Bonchev–Trinajstić information content (AvgIpc) is 3.12. The number of anilines is 1. The summed E-state index contributed by atoms with van der Waals surface area (Å²) in [4.78, 5) is 2.70. The molecule has 3 rings (SSSR count). The first-order valence-corrected chi connectivity index (χ1v) is 9.19. The molecule has 0 aromatic heterocycles. The minimum Gasteiger partial charge on any atom is -0.384 e. The standard InChI is InChI=1S/C15H23N3O2S/c1-2-18-9-3-4-13(18)11-17-21(19,20)14-6-5-12-7-8-16-15(12)10-14/h5-6,10,13,16-17H,2-4,7-9,11H2,1H3.